The number of halogens is 3. The van der Waals surface area contributed by atoms with Gasteiger partial charge in [-0.1, -0.05) is 23.4 Å². The fourth-order valence-corrected chi connectivity index (χ4v) is 3.52. The molecule has 1 aliphatic heterocycles. The van der Waals surface area contributed by atoms with Gasteiger partial charge in [-0.3, -0.25) is 9.69 Å². The number of carbonyl (C=O) groups is 1. The van der Waals surface area contributed by atoms with Crippen molar-refractivity contribution in [2.45, 2.75) is 12.7 Å². The lowest BCUT2D eigenvalue weighted by atomic mass is 10.1. The topological polar surface area (TPSA) is 88.5 Å². The molecular weight excluding hydrogens is 411 g/mol. The van der Waals surface area contributed by atoms with E-state index in [1.54, 1.807) is 30.3 Å². The predicted molar refractivity (Wildman–Crippen MR) is 107 cm³/mol. The van der Waals surface area contributed by atoms with Gasteiger partial charge in [0.2, 0.25) is 11.7 Å². The van der Waals surface area contributed by atoms with Crippen LogP contribution in [0, 0.1) is 0 Å². The van der Waals surface area contributed by atoms with Crippen molar-refractivity contribution in [2.75, 3.05) is 31.1 Å². The van der Waals surface area contributed by atoms with Gasteiger partial charge in [0.25, 0.3) is 0 Å². The zero-order chi connectivity index (χ0) is 22.0. The fourth-order valence-electron chi connectivity index (χ4n) is 3.52. The van der Waals surface area contributed by atoms with Gasteiger partial charge in [-0.25, -0.2) is 0 Å². The summed E-state index contributed by atoms with van der Waals surface area (Å²) in [7, 11) is 0. The second kappa shape index (κ2) is 8.38. The maximum atomic E-state index is 12.7. The van der Waals surface area contributed by atoms with Crippen LogP contribution in [0.15, 0.2) is 53.1 Å². The van der Waals surface area contributed by atoms with Gasteiger partial charge in [-0.15, -0.1) is 0 Å². The molecule has 0 atom stereocenters. The van der Waals surface area contributed by atoms with Gasteiger partial charge < -0.3 is 15.2 Å². The molecule has 3 aromatic rings. The Balaban J connectivity index is 1.37. The van der Waals surface area contributed by atoms with Gasteiger partial charge in [-0.2, -0.15) is 18.2 Å². The second-order valence-corrected chi connectivity index (χ2v) is 7.30. The number of hydrogen-bond donors (Lipinski definition) is 1. The molecule has 4 rings (SSSR count). The summed E-state index contributed by atoms with van der Waals surface area (Å²) in [5.74, 6) is -1.89. The van der Waals surface area contributed by atoms with Crippen LogP contribution in [0.5, 0.6) is 0 Å². The van der Waals surface area contributed by atoms with Gasteiger partial charge in [-0.05, 0) is 35.9 Å². The van der Waals surface area contributed by atoms with Gasteiger partial charge in [0.1, 0.15) is 0 Å². The highest BCUT2D eigenvalue weighted by Gasteiger charge is 2.38. The molecule has 2 heterocycles. The average molecular weight is 431 g/mol. The Morgan fingerprint density at radius 3 is 2.39 bits per heavy atom. The first-order valence-corrected chi connectivity index (χ1v) is 9.67. The van der Waals surface area contributed by atoms with Gasteiger partial charge in [0, 0.05) is 49.5 Å². The van der Waals surface area contributed by atoms with E-state index >= 15 is 0 Å². The van der Waals surface area contributed by atoms with E-state index in [4.69, 9.17) is 5.73 Å². The van der Waals surface area contributed by atoms with Crippen LogP contribution in [-0.2, 0) is 12.7 Å². The fraction of sp³-hybridized carbons (Fsp3) is 0.286. The van der Waals surface area contributed by atoms with Crippen LogP contribution in [0.3, 0.4) is 0 Å². The van der Waals surface area contributed by atoms with Crippen LogP contribution in [0.1, 0.15) is 21.8 Å². The maximum absolute atomic E-state index is 12.7. The third-order valence-corrected chi connectivity index (χ3v) is 5.15. The quantitative estimate of drug-likeness (QED) is 0.668. The number of hydrogen-bond acceptors (Lipinski definition) is 6. The highest BCUT2D eigenvalue weighted by atomic mass is 19.4. The third kappa shape index (κ3) is 4.85. The number of rotatable bonds is 5. The summed E-state index contributed by atoms with van der Waals surface area (Å²) in [6.07, 6.45) is -4.66. The Morgan fingerprint density at radius 1 is 1.06 bits per heavy atom. The van der Waals surface area contributed by atoms with Gasteiger partial charge >= 0.3 is 12.1 Å². The molecule has 7 nitrogen and oxygen atoms in total. The summed E-state index contributed by atoms with van der Waals surface area (Å²) in [6.45, 7) is 3.93. The van der Waals surface area contributed by atoms with E-state index in [0.717, 1.165) is 37.4 Å². The van der Waals surface area contributed by atoms with E-state index in [1.807, 2.05) is 18.2 Å². The molecule has 1 aliphatic rings. The molecule has 0 spiro atoms. The lowest BCUT2D eigenvalue weighted by Crippen LogP contribution is -2.45. The van der Waals surface area contributed by atoms with Crippen molar-refractivity contribution in [3.63, 3.8) is 0 Å². The van der Waals surface area contributed by atoms with E-state index < -0.39 is 18.0 Å². The summed E-state index contributed by atoms with van der Waals surface area (Å²) >= 11 is 0. The summed E-state index contributed by atoms with van der Waals surface area (Å²) in [4.78, 5) is 19.2. The molecule has 2 aromatic carbocycles. The number of nitrogens with two attached hydrogens (primary N) is 1. The molecule has 31 heavy (non-hydrogen) atoms. The second-order valence-electron chi connectivity index (χ2n) is 7.30. The molecule has 0 saturated carbocycles. The number of primary amides is 1. The average Bonchev–Trinajstić information content (AvgIpc) is 3.26. The van der Waals surface area contributed by atoms with Gasteiger partial charge in [0.15, 0.2) is 0 Å². The lowest BCUT2D eigenvalue weighted by molar-refractivity contribution is -0.159. The van der Waals surface area contributed by atoms with Crippen molar-refractivity contribution in [1.82, 2.24) is 15.0 Å². The molecular formula is C21H20F3N5O2. The van der Waals surface area contributed by atoms with E-state index in [-0.39, 0.29) is 5.82 Å². The molecule has 0 unspecified atom stereocenters. The summed E-state index contributed by atoms with van der Waals surface area (Å²) < 4.78 is 42.4. The van der Waals surface area contributed by atoms with E-state index in [0.29, 0.717) is 17.7 Å². The monoisotopic (exact) mass is 431 g/mol. The van der Waals surface area contributed by atoms with Crippen molar-refractivity contribution in [3.8, 4) is 11.4 Å². The highest BCUT2D eigenvalue weighted by Crippen LogP contribution is 2.29. The molecule has 1 fully saturated rings. The van der Waals surface area contributed by atoms with Crippen LogP contribution in [0.25, 0.3) is 11.4 Å². The number of benzene rings is 2. The van der Waals surface area contributed by atoms with Crippen molar-refractivity contribution < 1.29 is 22.5 Å². The highest BCUT2D eigenvalue weighted by molar-refractivity contribution is 5.93. The molecule has 162 valence electrons. The first-order valence-electron chi connectivity index (χ1n) is 9.67. The number of piperazine rings is 1. The zero-order valence-electron chi connectivity index (χ0n) is 16.5. The van der Waals surface area contributed by atoms with Crippen molar-refractivity contribution in [1.29, 1.82) is 0 Å². The SMILES string of the molecule is NC(=O)c1ccc(N2CCN(Cc3cccc(-c4noc(C(F)(F)F)n4)c3)CC2)cc1. The van der Waals surface area contributed by atoms with Crippen molar-refractivity contribution >= 4 is 11.6 Å². The number of carbonyl (C=O) groups excluding carboxylic acids is 1. The Morgan fingerprint density at radius 2 is 1.77 bits per heavy atom. The molecule has 1 aromatic heterocycles. The van der Waals surface area contributed by atoms with Crippen LogP contribution >= 0.6 is 0 Å². The number of nitrogens with zero attached hydrogens (tertiary/aromatic N) is 4. The Labute approximate surface area is 176 Å². The van der Waals surface area contributed by atoms with Crippen LogP contribution < -0.4 is 10.6 Å². The molecule has 0 radical (unpaired) electrons. The van der Waals surface area contributed by atoms with Crippen LogP contribution in [0.4, 0.5) is 18.9 Å². The smallest absolute Gasteiger partial charge is 0.369 e. The standard InChI is InChI=1S/C21H20F3N5O2/c22-21(23,24)20-26-19(27-31-20)16-3-1-2-14(12-16)13-28-8-10-29(11-9-28)17-6-4-15(5-7-17)18(25)30/h1-7,12H,8-11,13H2,(H2,25,30). The summed E-state index contributed by atoms with van der Waals surface area (Å²) in [5.41, 5.74) is 8.22. The number of alkyl halides is 3. The first kappa shape index (κ1) is 20.9. The minimum Gasteiger partial charge on any atom is -0.369 e. The summed E-state index contributed by atoms with van der Waals surface area (Å²) in [5, 5.41) is 3.45. The van der Waals surface area contributed by atoms with E-state index in [9.17, 15) is 18.0 Å². The zero-order valence-corrected chi connectivity index (χ0v) is 16.5. The normalized spacial score (nSPS) is 15.3. The largest absolute Gasteiger partial charge is 0.471 e. The molecule has 1 amide bonds. The first-order chi connectivity index (χ1) is 14.8. The predicted octanol–water partition coefficient (Wildman–Crippen LogP) is 3.18. The maximum Gasteiger partial charge on any atom is 0.471 e. The van der Waals surface area contributed by atoms with Crippen molar-refractivity contribution in [2.24, 2.45) is 5.73 Å². The summed E-state index contributed by atoms with van der Waals surface area (Å²) in [6, 6.07) is 14.3. The minimum absolute atomic E-state index is 0.0848. The number of aromatic nitrogens is 2. The molecule has 1 saturated heterocycles. The molecule has 0 aliphatic carbocycles. The minimum atomic E-state index is -4.66. The van der Waals surface area contributed by atoms with E-state index in [2.05, 4.69) is 24.5 Å². The van der Waals surface area contributed by atoms with Crippen LogP contribution in [0.2, 0.25) is 0 Å². The Kier molecular flexibility index (Phi) is 5.64. The van der Waals surface area contributed by atoms with E-state index in [1.165, 1.54) is 0 Å². The molecule has 10 heteroatoms. The Bertz CT molecular complexity index is 1060. The third-order valence-electron chi connectivity index (χ3n) is 5.15. The lowest BCUT2D eigenvalue weighted by Gasteiger charge is -2.36. The molecule has 0 bridgehead atoms. The van der Waals surface area contributed by atoms with Gasteiger partial charge in [0.05, 0.1) is 0 Å². The van der Waals surface area contributed by atoms with Crippen molar-refractivity contribution in [3.05, 3.63) is 65.5 Å². The number of amides is 1. The number of anilines is 1. The Hall–Kier alpha value is -3.40. The molecule has 2 N–H and O–H groups in total. The van der Waals surface area contributed by atoms with Crippen LogP contribution in [-0.4, -0.2) is 47.1 Å².